The molecule has 0 aliphatic carbocycles. The third-order valence-corrected chi connectivity index (χ3v) is 4.11. The second-order valence-corrected chi connectivity index (χ2v) is 6.36. The minimum atomic E-state index is 0.101. The van der Waals surface area contributed by atoms with Crippen LogP contribution in [0.2, 0.25) is 0 Å². The first-order chi connectivity index (χ1) is 10.5. The smallest absolute Gasteiger partial charge is 0.170 e. The van der Waals surface area contributed by atoms with Gasteiger partial charge in [0.2, 0.25) is 0 Å². The Morgan fingerprint density at radius 1 is 1.27 bits per heavy atom. The summed E-state index contributed by atoms with van der Waals surface area (Å²) >= 11 is 1.62. The predicted molar refractivity (Wildman–Crippen MR) is 86.9 cm³/mol. The normalized spacial score (nSPS) is 11.7. The molecule has 2 aromatic rings. The minimum absolute atomic E-state index is 0.101. The molecule has 0 atom stereocenters. The summed E-state index contributed by atoms with van der Waals surface area (Å²) < 4.78 is 5.88. The molecule has 118 valence electrons. The molecule has 0 bridgehead atoms. The second-order valence-electron chi connectivity index (χ2n) is 5.09. The largest absolute Gasteiger partial charge is 0.493 e. The summed E-state index contributed by atoms with van der Waals surface area (Å²) in [6, 6.07) is 3.71. The zero-order valence-electron chi connectivity index (χ0n) is 13.0. The summed E-state index contributed by atoms with van der Waals surface area (Å²) in [5.41, 5.74) is 8.24. The van der Waals surface area contributed by atoms with Gasteiger partial charge in [-0.05, 0) is 50.5 Å². The Balaban J connectivity index is 1.95. The van der Waals surface area contributed by atoms with Crippen LogP contribution in [-0.4, -0.2) is 27.8 Å². The van der Waals surface area contributed by atoms with E-state index in [4.69, 9.17) is 15.7 Å². The molecule has 1 heterocycles. The summed E-state index contributed by atoms with van der Waals surface area (Å²) in [5, 5.41) is 21.9. The van der Waals surface area contributed by atoms with Gasteiger partial charge in [-0.1, -0.05) is 5.16 Å². The minimum Gasteiger partial charge on any atom is -0.493 e. The van der Waals surface area contributed by atoms with Crippen LogP contribution in [0.4, 0.5) is 0 Å². The first-order valence-electron chi connectivity index (χ1n) is 7.02. The molecular formula is C15H20N4O2S. The van der Waals surface area contributed by atoms with E-state index < -0.39 is 0 Å². The van der Waals surface area contributed by atoms with Crippen LogP contribution in [0.15, 0.2) is 17.3 Å². The number of aromatic nitrogens is 2. The van der Waals surface area contributed by atoms with Crippen LogP contribution in [0.3, 0.4) is 0 Å². The van der Waals surface area contributed by atoms with Gasteiger partial charge < -0.3 is 15.7 Å². The number of nitrogens with two attached hydrogens (primary N) is 1. The monoisotopic (exact) mass is 320 g/mol. The van der Waals surface area contributed by atoms with E-state index in [1.165, 1.54) is 0 Å². The zero-order valence-corrected chi connectivity index (χ0v) is 13.8. The van der Waals surface area contributed by atoms with Crippen molar-refractivity contribution in [2.45, 2.75) is 33.6 Å². The number of benzene rings is 1. The van der Waals surface area contributed by atoms with Crippen molar-refractivity contribution in [1.82, 2.24) is 10.2 Å². The summed E-state index contributed by atoms with van der Waals surface area (Å²) in [7, 11) is 0. The SMILES string of the molecule is Cc1nnc(CCCOc2c(C)cc(C(N)=NO)cc2C)s1. The molecule has 22 heavy (non-hydrogen) atoms. The van der Waals surface area contributed by atoms with E-state index >= 15 is 0 Å². The van der Waals surface area contributed by atoms with Crippen LogP contribution in [0.25, 0.3) is 0 Å². The van der Waals surface area contributed by atoms with E-state index in [9.17, 15) is 0 Å². The zero-order chi connectivity index (χ0) is 16.1. The standard InChI is InChI=1S/C15H20N4O2S/c1-9-7-12(15(16)19-20)8-10(2)14(9)21-6-4-5-13-18-17-11(3)22-13/h7-8,20H,4-6H2,1-3H3,(H2,16,19). The first-order valence-corrected chi connectivity index (χ1v) is 7.84. The van der Waals surface area contributed by atoms with Gasteiger partial charge >= 0.3 is 0 Å². The molecule has 1 aromatic heterocycles. The molecule has 7 heteroatoms. The van der Waals surface area contributed by atoms with E-state index in [0.717, 1.165) is 39.7 Å². The van der Waals surface area contributed by atoms with Gasteiger partial charge in [0, 0.05) is 12.0 Å². The van der Waals surface area contributed by atoms with Crippen LogP contribution in [0.1, 0.15) is 33.1 Å². The molecule has 0 fully saturated rings. The fraction of sp³-hybridized carbons (Fsp3) is 0.400. The molecule has 6 nitrogen and oxygen atoms in total. The molecule has 0 radical (unpaired) electrons. The third kappa shape index (κ3) is 3.94. The lowest BCUT2D eigenvalue weighted by atomic mass is 10.1. The second kappa shape index (κ2) is 7.22. The van der Waals surface area contributed by atoms with Crippen molar-refractivity contribution in [2.75, 3.05) is 6.61 Å². The van der Waals surface area contributed by atoms with Gasteiger partial charge in [-0.15, -0.1) is 21.5 Å². The van der Waals surface area contributed by atoms with Crippen molar-refractivity contribution >= 4 is 17.2 Å². The molecule has 1 aromatic carbocycles. The highest BCUT2D eigenvalue weighted by Crippen LogP contribution is 2.25. The fourth-order valence-electron chi connectivity index (χ4n) is 2.22. The fourth-order valence-corrected chi connectivity index (χ4v) is 2.97. The maximum Gasteiger partial charge on any atom is 0.170 e. The number of hydrogen-bond acceptors (Lipinski definition) is 6. The number of amidine groups is 1. The third-order valence-electron chi connectivity index (χ3n) is 3.21. The van der Waals surface area contributed by atoms with Gasteiger partial charge in [-0.2, -0.15) is 0 Å². The lowest BCUT2D eigenvalue weighted by Gasteiger charge is -2.13. The van der Waals surface area contributed by atoms with Crippen molar-refractivity contribution in [1.29, 1.82) is 0 Å². The lowest BCUT2D eigenvalue weighted by Crippen LogP contribution is -2.14. The molecule has 0 amide bonds. The van der Waals surface area contributed by atoms with Crippen molar-refractivity contribution in [3.63, 3.8) is 0 Å². The van der Waals surface area contributed by atoms with Gasteiger partial charge in [0.05, 0.1) is 6.61 Å². The number of rotatable bonds is 6. The Morgan fingerprint density at radius 2 is 1.95 bits per heavy atom. The molecule has 0 saturated carbocycles. The number of ether oxygens (including phenoxy) is 1. The molecule has 0 aliphatic rings. The highest BCUT2D eigenvalue weighted by atomic mass is 32.1. The maximum absolute atomic E-state index is 8.74. The van der Waals surface area contributed by atoms with Crippen molar-refractivity contribution in [3.8, 4) is 5.75 Å². The van der Waals surface area contributed by atoms with Crippen LogP contribution in [0.5, 0.6) is 5.75 Å². The highest BCUT2D eigenvalue weighted by molar-refractivity contribution is 7.11. The van der Waals surface area contributed by atoms with Gasteiger partial charge in [0.15, 0.2) is 5.84 Å². The molecular weight excluding hydrogens is 300 g/mol. The summed E-state index contributed by atoms with van der Waals surface area (Å²) in [4.78, 5) is 0. The number of nitrogens with zero attached hydrogens (tertiary/aromatic N) is 3. The van der Waals surface area contributed by atoms with Crippen LogP contribution < -0.4 is 10.5 Å². The van der Waals surface area contributed by atoms with Gasteiger partial charge in [-0.3, -0.25) is 0 Å². The van der Waals surface area contributed by atoms with Crippen molar-refractivity contribution in [3.05, 3.63) is 38.8 Å². The van der Waals surface area contributed by atoms with Gasteiger partial charge in [0.1, 0.15) is 15.8 Å². The predicted octanol–water partition coefficient (Wildman–Crippen LogP) is 2.57. The Kier molecular flexibility index (Phi) is 5.32. The summed E-state index contributed by atoms with van der Waals surface area (Å²) in [5.74, 6) is 0.951. The number of oxime groups is 1. The lowest BCUT2D eigenvalue weighted by molar-refractivity contribution is 0.306. The molecule has 0 aliphatic heterocycles. The highest BCUT2D eigenvalue weighted by Gasteiger charge is 2.09. The van der Waals surface area contributed by atoms with Crippen LogP contribution >= 0.6 is 11.3 Å². The van der Waals surface area contributed by atoms with Gasteiger partial charge in [-0.25, -0.2) is 0 Å². The van der Waals surface area contributed by atoms with E-state index in [-0.39, 0.29) is 5.84 Å². The van der Waals surface area contributed by atoms with E-state index in [1.807, 2.05) is 32.9 Å². The average molecular weight is 320 g/mol. The Bertz CT molecular complexity index is 659. The molecule has 0 saturated heterocycles. The van der Waals surface area contributed by atoms with E-state index in [1.54, 1.807) is 11.3 Å². The van der Waals surface area contributed by atoms with Crippen LogP contribution in [-0.2, 0) is 6.42 Å². The average Bonchev–Trinajstić information content (AvgIpc) is 2.90. The van der Waals surface area contributed by atoms with Crippen LogP contribution in [0, 0.1) is 20.8 Å². The number of aryl methyl sites for hydroxylation is 4. The Morgan fingerprint density at radius 3 is 2.50 bits per heavy atom. The molecule has 2 rings (SSSR count). The van der Waals surface area contributed by atoms with Gasteiger partial charge in [0.25, 0.3) is 0 Å². The number of hydrogen-bond donors (Lipinski definition) is 2. The maximum atomic E-state index is 8.74. The summed E-state index contributed by atoms with van der Waals surface area (Å²) in [6.45, 7) is 6.46. The molecule has 0 spiro atoms. The molecule has 3 N–H and O–H groups in total. The Hall–Kier alpha value is -2.15. The van der Waals surface area contributed by atoms with Crippen molar-refractivity contribution in [2.24, 2.45) is 10.9 Å². The topological polar surface area (TPSA) is 93.6 Å². The van der Waals surface area contributed by atoms with E-state index in [2.05, 4.69) is 15.4 Å². The molecule has 0 unspecified atom stereocenters. The Labute approximate surface area is 133 Å². The first kappa shape index (κ1) is 16.2. The summed E-state index contributed by atoms with van der Waals surface area (Å²) in [6.07, 6.45) is 1.75. The van der Waals surface area contributed by atoms with E-state index in [0.29, 0.717) is 12.2 Å². The van der Waals surface area contributed by atoms with Crippen molar-refractivity contribution < 1.29 is 9.94 Å². The quantitative estimate of drug-likeness (QED) is 0.280.